The highest BCUT2D eigenvalue weighted by Gasteiger charge is 1.97. The molecule has 0 saturated heterocycles. The second-order valence-corrected chi connectivity index (χ2v) is 6.31. The molecule has 0 aliphatic rings. The van der Waals surface area contributed by atoms with Crippen molar-refractivity contribution in [1.29, 1.82) is 0 Å². The molecule has 46 valence electrons. The van der Waals surface area contributed by atoms with Gasteiger partial charge in [-0.15, -0.1) is 0 Å². The predicted octanol–water partition coefficient (Wildman–Crippen LogP) is 2.04. The smallest absolute Gasteiger partial charge is 0.0331 e. The summed E-state index contributed by atoms with van der Waals surface area (Å²) in [5.74, 6) is 0. The van der Waals surface area contributed by atoms with Crippen LogP contribution in [0.1, 0.15) is 13.8 Å². The highest BCUT2D eigenvalue weighted by molar-refractivity contribution is 6.57. The van der Waals surface area contributed by atoms with Gasteiger partial charge in [-0.2, -0.15) is 0 Å². The standard InChI is InChI=1S/C5H14Si.FH/c1-5(2)6(3)4;/h5-6H,1-4H3;1H. The molecule has 0 saturated carbocycles. The summed E-state index contributed by atoms with van der Waals surface area (Å²) in [4.78, 5) is 0. The Morgan fingerprint density at radius 2 is 1.29 bits per heavy atom. The molecule has 7 heavy (non-hydrogen) atoms. The molecule has 0 atom stereocenters. The maximum absolute atomic E-state index is 2.38. The largest absolute Gasteiger partial charge is 0.269 e. The van der Waals surface area contributed by atoms with E-state index in [0.717, 1.165) is 5.54 Å². The lowest BCUT2D eigenvalue weighted by atomic mass is 10.6. The van der Waals surface area contributed by atoms with Gasteiger partial charge in [-0.05, 0) is 0 Å². The zero-order valence-electron chi connectivity index (χ0n) is 5.56. The van der Waals surface area contributed by atoms with Crippen LogP contribution < -0.4 is 0 Å². The first-order valence-corrected chi connectivity index (χ1v) is 5.62. The fourth-order valence-electron chi connectivity index (χ4n) is 0. The first-order chi connectivity index (χ1) is 2.64. The number of hydrogen-bond acceptors (Lipinski definition) is 0. The lowest BCUT2D eigenvalue weighted by Crippen LogP contribution is -2.03. The molecule has 0 nitrogen and oxygen atoms in total. The molecule has 0 aliphatic heterocycles. The molecule has 0 bridgehead atoms. The summed E-state index contributed by atoms with van der Waals surface area (Å²) in [5.41, 5.74) is 0.991. The van der Waals surface area contributed by atoms with Gasteiger partial charge in [0.05, 0.1) is 0 Å². The summed E-state index contributed by atoms with van der Waals surface area (Å²) < 4.78 is 0. The number of rotatable bonds is 1. The van der Waals surface area contributed by atoms with Crippen LogP contribution in [0.2, 0.25) is 18.6 Å². The molecule has 0 aliphatic carbocycles. The van der Waals surface area contributed by atoms with Gasteiger partial charge >= 0.3 is 0 Å². The van der Waals surface area contributed by atoms with Crippen LogP contribution in [-0.4, -0.2) is 8.80 Å². The van der Waals surface area contributed by atoms with E-state index in [0.29, 0.717) is 0 Å². The Hall–Kier alpha value is 0.147. The van der Waals surface area contributed by atoms with Crippen molar-refractivity contribution in [3.63, 3.8) is 0 Å². The van der Waals surface area contributed by atoms with Gasteiger partial charge < -0.3 is 0 Å². The lowest BCUT2D eigenvalue weighted by Gasteiger charge is -2.03. The van der Waals surface area contributed by atoms with Gasteiger partial charge in [0.2, 0.25) is 0 Å². The van der Waals surface area contributed by atoms with Crippen LogP contribution in [0, 0.1) is 0 Å². The van der Waals surface area contributed by atoms with Gasteiger partial charge in [0, 0.05) is 8.80 Å². The van der Waals surface area contributed by atoms with Crippen molar-refractivity contribution >= 4 is 8.80 Å². The van der Waals surface area contributed by atoms with E-state index in [9.17, 15) is 0 Å². The average molecular weight is 122 g/mol. The molecule has 0 amide bonds. The Labute approximate surface area is 46.9 Å². The van der Waals surface area contributed by atoms with Gasteiger partial charge in [0.25, 0.3) is 0 Å². The first kappa shape index (κ1) is 10.2. The number of halogens is 1. The summed E-state index contributed by atoms with van der Waals surface area (Å²) in [6, 6.07) is 0. The molecule has 0 fully saturated rings. The first-order valence-electron chi connectivity index (χ1n) is 2.64. The summed E-state index contributed by atoms with van der Waals surface area (Å²) >= 11 is 0. The summed E-state index contributed by atoms with van der Waals surface area (Å²) in [5, 5.41) is 0. The summed E-state index contributed by atoms with van der Waals surface area (Å²) in [6.45, 7) is 9.36. The SMILES string of the molecule is CC(C)[SiH](C)C.F. The zero-order chi connectivity index (χ0) is 5.15. The maximum Gasteiger partial charge on any atom is 0.0331 e. The van der Waals surface area contributed by atoms with Gasteiger partial charge in [0.15, 0.2) is 0 Å². The number of hydrogen-bond donors (Lipinski definition) is 0. The third-order valence-corrected chi connectivity index (χ3v) is 4.00. The van der Waals surface area contributed by atoms with E-state index in [1.807, 2.05) is 0 Å². The molecular weight excluding hydrogens is 107 g/mol. The quantitative estimate of drug-likeness (QED) is 0.467. The van der Waals surface area contributed by atoms with E-state index >= 15 is 0 Å². The monoisotopic (exact) mass is 122 g/mol. The van der Waals surface area contributed by atoms with Gasteiger partial charge in [0.1, 0.15) is 0 Å². The minimum absolute atomic E-state index is 0. The van der Waals surface area contributed by atoms with E-state index in [4.69, 9.17) is 0 Å². The Morgan fingerprint density at radius 1 is 1.14 bits per heavy atom. The van der Waals surface area contributed by atoms with Crippen LogP contribution in [0.4, 0.5) is 4.70 Å². The van der Waals surface area contributed by atoms with Crippen molar-refractivity contribution in [3.05, 3.63) is 0 Å². The molecular formula is C5H15FSi. The van der Waals surface area contributed by atoms with E-state index in [2.05, 4.69) is 26.9 Å². The van der Waals surface area contributed by atoms with E-state index in [1.54, 1.807) is 0 Å². The molecule has 2 heteroatoms. The van der Waals surface area contributed by atoms with E-state index in [1.165, 1.54) is 0 Å². The molecule has 0 aromatic rings. The van der Waals surface area contributed by atoms with E-state index in [-0.39, 0.29) is 13.5 Å². The predicted molar refractivity (Wildman–Crippen MR) is 36.5 cm³/mol. The Kier molecular flexibility index (Phi) is 6.28. The van der Waals surface area contributed by atoms with E-state index < -0.39 is 0 Å². The minimum atomic E-state index is -0.244. The van der Waals surface area contributed by atoms with Crippen molar-refractivity contribution in [2.45, 2.75) is 32.5 Å². The van der Waals surface area contributed by atoms with Crippen molar-refractivity contribution < 1.29 is 4.70 Å². The molecule has 0 unspecified atom stereocenters. The van der Waals surface area contributed by atoms with Crippen molar-refractivity contribution in [1.82, 2.24) is 0 Å². The summed E-state index contributed by atoms with van der Waals surface area (Å²) in [6.07, 6.45) is 0. The molecule has 0 rings (SSSR count). The zero-order valence-corrected chi connectivity index (χ0v) is 6.72. The third-order valence-electron chi connectivity index (χ3n) is 1.33. The third kappa shape index (κ3) is 6.15. The van der Waals surface area contributed by atoms with Gasteiger partial charge in [-0.25, -0.2) is 0 Å². The Bertz CT molecular complexity index is 29.1. The van der Waals surface area contributed by atoms with Crippen LogP contribution in [0.3, 0.4) is 0 Å². The Balaban J connectivity index is 0. The Morgan fingerprint density at radius 3 is 1.29 bits per heavy atom. The molecule has 0 heterocycles. The highest BCUT2D eigenvalue weighted by Crippen LogP contribution is 2.04. The molecule has 0 aromatic heterocycles. The topological polar surface area (TPSA) is 0 Å². The molecule has 0 aromatic carbocycles. The minimum Gasteiger partial charge on any atom is -0.269 e. The highest BCUT2D eigenvalue weighted by atomic mass is 28.3. The van der Waals surface area contributed by atoms with Crippen molar-refractivity contribution in [2.75, 3.05) is 0 Å². The average Bonchev–Trinajstić information content (AvgIpc) is 1.36. The van der Waals surface area contributed by atoms with Crippen molar-refractivity contribution in [3.8, 4) is 0 Å². The maximum atomic E-state index is 2.38. The van der Waals surface area contributed by atoms with Gasteiger partial charge in [-0.1, -0.05) is 32.5 Å². The molecule has 0 spiro atoms. The summed E-state index contributed by atoms with van der Waals surface area (Å²) in [7, 11) is -0.244. The van der Waals surface area contributed by atoms with Crippen LogP contribution in [0.5, 0.6) is 0 Å². The fraction of sp³-hybridized carbons (Fsp3) is 1.00. The lowest BCUT2D eigenvalue weighted by molar-refractivity contribution is 1.04. The van der Waals surface area contributed by atoms with Crippen molar-refractivity contribution in [2.24, 2.45) is 0 Å². The van der Waals surface area contributed by atoms with Crippen LogP contribution in [0.25, 0.3) is 0 Å². The second kappa shape index (κ2) is 4.31. The molecule has 0 radical (unpaired) electrons. The van der Waals surface area contributed by atoms with Crippen LogP contribution >= 0.6 is 0 Å². The van der Waals surface area contributed by atoms with Gasteiger partial charge in [-0.3, -0.25) is 4.70 Å². The van der Waals surface area contributed by atoms with Crippen LogP contribution in [-0.2, 0) is 0 Å². The second-order valence-electron chi connectivity index (χ2n) is 2.49. The van der Waals surface area contributed by atoms with Crippen LogP contribution in [0.15, 0.2) is 0 Å². The fourth-order valence-corrected chi connectivity index (χ4v) is 0. The normalized spacial score (nSPS) is 9.43. The molecule has 0 N–H and O–H groups in total.